The molecule has 0 fully saturated rings. The van der Waals surface area contributed by atoms with E-state index in [1.54, 1.807) is 12.1 Å². The number of benzene rings is 2. The zero-order chi connectivity index (χ0) is 14.5. The van der Waals surface area contributed by atoms with E-state index in [2.05, 4.69) is 44.3 Å². The summed E-state index contributed by atoms with van der Waals surface area (Å²) < 4.78 is 13.4. The number of anilines is 1. The molecule has 0 aromatic heterocycles. The van der Waals surface area contributed by atoms with Gasteiger partial charge in [0.2, 0.25) is 0 Å². The molecule has 106 valence electrons. The van der Waals surface area contributed by atoms with Gasteiger partial charge in [-0.3, -0.25) is 0 Å². The van der Waals surface area contributed by atoms with Crippen LogP contribution in [0.2, 0.25) is 0 Å². The molecule has 0 saturated carbocycles. The molecule has 1 nitrogen and oxygen atoms in total. The number of halogens is 1. The number of hydrogen-bond acceptors (Lipinski definition) is 1. The van der Waals surface area contributed by atoms with E-state index in [0.717, 1.165) is 17.7 Å². The lowest BCUT2D eigenvalue weighted by molar-refractivity contribution is 0.620. The van der Waals surface area contributed by atoms with Crippen LogP contribution >= 0.6 is 0 Å². The highest BCUT2D eigenvalue weighted by molar-refractivity contribution is 5.54. The predicted molar refractivity (Wildman–Crippen MR) is 83.6 cm³/mol. The van der Waals surface area contributed by atoms with Gasteiger partial charge in [0, 0.05) is 5.69 Å². The molecular weight excluding hydrogens is 249 g/mol. The normalized spacial score (nSPS) is 12.4. The van der Waals surface area contributed by atoms with Gasteiger partial charge in [0.25, 0.3) is 0 Å². The molecule has 0 aliphatic carbocycles. The fourth-order valence-corrected chi connectivity index (χ4v) is 2.46. The first-order chi connectivity index (χ1) is 9.61. The van der Waals surface area contributed by atoms with Crippen LogP contribution in [0.4, 0.5) is 10.1 Å². The Hall–Kier alpha value is -1.83. The van der Waals surface area contributed by atoms with Gasteiger partial charge in [0.15, 0.2) is 0 Å². The topological polar surface area (TPSA) is 12.0 Å². The van der Waals surface area contributed by atoms with E-state index in [9.17, 15) is 4.39 Å². The average molecular weight is 271 g/mol. The molecule has 2 heteroatoms. The Morgan fingerprint density at radius 1 is 1.05 bits per heavy atom. The van der Waals surface area contributed by atoms with Crippen LogP contribution in [0.5, 0.6) is 0 Å². The number of rotatable bonds is 5. The SMILES string of the molecule is CCC(Nc1ccccc1C(C)C)c1cccc(F)c1. The molecule has 1 N–H and O–H groups in total. The summed E-state index contributed by atoms with van der Waals surface area (Å²) in [4.78, 5) is 0. The van der Waals surface area contributed by atoms with Crippen molar-refractivity contribution in [1.29, 1.82) is 0 Å². The maximum Gasteiger partial charge on any atom is 0.123 e. The van der Waals surface area contributed by atoms with Crippen molar-refractivity contribution in [3.05, 3.63) is 65.5 Å². The number of nitrogens with one attached hydrogen (secondary N) is 1. The van der Waals surface area contributed by atoms with Crippen LogP contribution in [-0.2, 0) is 0 Å². The third-order valence-corrected chi connectivity index (χ3v) is 3.57. The molecule has 1 unspecified atom stereocenters. The Balaban J connectivity index is 2.27. The number of para-hydroxylation sites is 1. The van der Waals surface area contributed by atoms with Gasteiger partial charge >= 0.3 is 0 Å². The Kier molecular flexibility index (Phi) is 4.78. The quantitative estimate of drug-likeness (QED) is 0.755. The van der Waals surface area contributed by atoms with E-state index in [4.69, 9.17) is 0 Å². The molecule has 0 saturated heterocycles. The van der Waals surface area contributed by atoms with Gasteiger partial charge in [0.1, 0.15) is 5.82 Å². The van der Waals surface area contributed by atoms with Crippen molar-refractivity contribution in [1.82, 2.24) is 0 Å². The van der Waals surface area contributed by atoms with E-state index in [0.29, 0.717) is 5.92 Å². The van der Waals surface area contributed by atoms with Gasteiger partial charge in [-0.15, -0.1) is 0 Å². The zero-order valence-corrected chi connectivity index (χ0v) is 12.4. The molecule has 2 rings (SSSR count). The molecule has 1 atom stereocenters. The monoisotopic (exact) mass is 271 g/mol. The summed E-state index contributed by atoms with van der Waals surface area (Å²) in [7, 11) is 0. The minimum absolute atomic E-state index is 0.130. The van der Waals surface area contributed by atoms with Crippen LogP contribution in [0.15, 0.2) is 48.5 Å². The lowest BCUT2D eigenvalue weighted by atomic mass is 9.99. The van der Waals surface area contributed by atoms with Gasteiger partial charge in [-0.05, 0) is 41.7 Å². The second-order valence-electron chi connectivity index (χ2n) is 5.40. The molecule has 0 spiro atoms. The molecule has 2 aromatic carbocycles. The second-order valence-corrected chi connectivity index (χ2v) is 5.40. The van der Waals surface area contributed by atoms with E-state index in [-0.39, 0.29) is 11.9 Å². The first kappa shape index (κ1) is 14.6. The van der Waals surface area contributed by atoms with Gasteiger partial charge < -0.3 is 5.32 Å². The van der Waals surface area contributed by atoms with Crippen molar-refractivity contribution < 1.29 is 4.39 Å². The van der Waals surface area contributed by atoms with Crippen molar-refractivity contribution in [2.75, 3.05) is 5.32 Å². The van der Waals surface area contributed by atoms with Crippen LogP contribution < -0.4 is 5.32 Å². The number of hydrogen-bond donors (Lipinski definition) is 1. The predicted octanol–water partition coefficient (Wildman–Crippen LogP) is 5.51. The Morgan fingerprint density at radius 3 is 2.45 bits per heavy atom. The largest absolute Gasteiger partial charge is 0.378 e. The Bertz CT molecular complexity index is 563. The summed E-state index contributed by atoms with van der Waals surface area (Å²) >= 11 is 0. The average Bonchev–Trinajstić information content (AvgIpc) is 2.45. The van der Waals surface area contributed by atoms with E-state index in [1.165, 1.54) is 11.6 Å². The highest BCUT2D eigenvalue weighted by atomic mass is 19.1. The second kappa shape index (κ2) is 6.56. The molecule has 0 heterocycles. The van der Waals surface area contributed by atoms with Gasteiger partial charge in [-0.2, -0.15) is 0 Å². The van der Waals surface area contributed by atoms with E-state index >= 15 is 0 Å². The molecule has 0 amide bonds. The van der Waals surface area contributed by atoms with E-state index < -0.39 is 0 Å². The molecule has 0 bridgehead atoms. The third kappa shape index (κ3) is 3.38. The first-order valence-electron chi connectivity index (χ1n) is 7.22. The molecule has 0 aliphatic rings. The van der Waals surface area contributed by atoms with Crippen molar-refractivity contribution >= 4 is 5.69 Å². The van der Waals surface area contributed by atoms with Crippen LogP contribution in [-0.4, -0.2) is 0 Å². The summed E-state index contributed by atoms with van der Waals surface area (Å²) in [5.74, 6) is 0.281. The Morgan fingerprint density at radius 2 is 1.80 bits per heavy atom. The maximum absolute atomic E-state index is 13.4. The van der Waals surface area contributed by atoms with Crippen LogP contribution in [0.1, 0.15) is 50.3 Å². The van der Waals surface area contributed by atoms with Crippen LogP contribution in [0.3, 0.4) is 0 Å². The maximum atomic E-state index is 13.4. The summed E-state index contributed by atoms with van der Waals surface area (Å²) in [6.45, 7) is 6.48. The lowest BCUT2D eigenvalue weighted by Gasteiger charge is -2.22. The van der Waals surface area contributed by atoms with Crippen LogP contribution in [0, 0.1) is 5.82 Å². The Labute approximate surface area is 120 Å². The third-order valence-electron chi connectivity index (χ3n) is 3.57. The molecular formula is C18H22FN. The van der Waals surface area contributed by atoms with Gasteiger partial charge in [0.05, 0.1) is 6.04 Å². The molecule has 0 radical (unpaired) electrons. The van der Waals surface area contributed by atoms with Crippen molar-refractivity contribution in [2.24, 2.45) is 0 Å². The minimum atomic E-state index is -0.181. The fourth-order valence-electron chi connectivity index (χ4n) is 2.46. The molecule has 0 aliphatic heterocycles. The van der Waals surface area contributed by atoms with Crippen molar-refractivity contribution in [3.63, 3.8) is 0 Å². The summed E-state index contributed by atoms with van der Waals surface area (Å²) in [5.41, 5.74) is 3.42. The summed E-state index contributed by atoms with van der Waals surface area (Å²) in [6, 6.07) is 15.3. The van der Waals surface area contributed by atoms with Crippen molar-refractivity contribution in [3.8, 4) is 0 Å². The van der Waals surface area contributed by atoms with Crippen LogP contribution in [0.25, 0.3) is 0 Å². The van der Waals surface area contributed by atoms with E-state index in [1.807, 2.05) is 12.1 Å². The van der Waals surface area contributed by atoms with Gasteiger partial charge in [-0.25, -0.2) is 4.39 Å². The fraction of sp³-hybridized carbons (Fsp3) is 0.333. The molecule has 2 aromatic rings. The highest BCUT2D eigenvalue weighted by Crippen LogP contribution is 2.29. The standard InChI is InChI=1S/C18H22FN/c1-4-17(14-8-7-9-15(19)12-14)20-18-11-6-5-10-16(18)13(2)3/h5-13,17,20H,4H2,1-3H3. The minimum Gasteiger partial charge on any atom is -0.378 e. The summed E-state index contributed by atoms with van der Waals surface area (Å²) in [5, 5.41) is 3.56. The smallest absolute Gasteiger partial charge is 0.123 e. The highest BCUT2D eigenvalue weighted by Gasteiger charge is 2.13. The molecule has 20 heavy (non-hydrogen) atoms. The first-order valence-corrected chi connectivity index (χ1v) is 7.22. The zero-order valence-electron chi connectivity index (χ0n) is 12.4. The lowest BCUT2D eigenvalue weighted by Crippen LogP contribution is -2.11. The summed E-state index contributed by atoms with van der Waals surface area (Å²) in [6.07, 6.45) is 0.913. The van der Waals surface area contributed by atoms with Crippen molar-refractivity contribution in [2.45, 2.75) is 39.2 Å². The van der Waals surface area contributed by atoms with Gasteiger partial charge in [-0.1, -0.05) is 51.1 Å².